The number of fused-ring (bicyclic) bond motifs is 1. The fourth-order valence-electron chi connectivity index (χ4n) is 3.83. The summed E-state index contributed by atoms with van der Waals surface area (Å²) in [7, 11) is 0. The quantitative estimate of drug-likeness (QED) is 0.715. The largest absolute Gasteiger partial charge is 0.488 e. The highest BCUT2D eigenvalue weighted by Gasteiger charge is 2.31. The van der Waals surface area contributed by atoms with Gasteiger partial charge >= 0.3 is 0 Å². The van der Waals surface area contributed by atoms with Crippen LogP contribution in [0.2, 0.25) is 0 Å². The maximum atomic E-state index is 12.6. The normalized spacial score (nSPS) is 19.5. The number of aromatic nitrogens is 2. The van der Waals surface area contributed by atoms with Crippen molar-refractivity contribution in [1.29, 1.82) is 0 Å². The maximum Gasteiger partial charge on any atom is 0.222 e. The van der Waals surface area contributed by atoms with Gasteiger partial charge in [0.15, 0.2) is 0 Å². The average Bonchev–Trinajstić information content (AvgIpc) is 3.05. The zero-order chi connectivity index (χ0) is 20.4. The Labute approximate surface area is 169 Å². The van der Waals surface area contributed by atoms with Crippen LogP contribution < -0.4 is 4.74 Å². The van der Waals surface area contributed by atoms with E-state index in [1.54, 1.807) is 17.3 Å². The Kier molecular flexibility index (Phi) is 5.49. The van der Waals surface area contributed by atoms with E-state index < -0.39 is 6.10 Å². The molecule has 152 valence electrons. The predicted molar refractivity (Wildman–Crippen MR) is 108 cm³/mol. The molecule has 1 N–H and O–H groups in total. The number of β-amino-alcohol motifs (C(OH)–C–C–N with tert-alkyl or cyclic N) is 1. The van der Waals surface area contributed by atoms with Gasteiger partial charge in [-0.2, -0.15) is 0 Å². The van der Waals surface area contributed by atoms with Crippen LogP contribution >= 0.6 is 0 Å². The van der Waals surface area contributed by atoms with E-state index in [9.17, 15) is 9.90 Å². The minimum Gasteiger partial charge on any atom is -0.488 e. The number of hydrogen-bond acceptors (Lipinski definition) is 6. The molecule has 0 bridgehead atoms. The summed E-state index contributed by atoms with van der Waals surface area (Å²) < 4.78 is 11.2. The Morgan fingerprint density at radius 1 is 1.31 bits per heavy atom. The lowest BCUT2D eigenvalue weighted by molar-refractivity contribution is -0.137. The van der Waals surface area contributed by atoms with Gasteiger partial charge in [-0.3, -0.25) is 9.78 Å². The first-order valence-electron chi connectivity index (χ1n) is 9.89. The van der Waals surface area contributed by atoms with Gasteiger partial charge in [0.25, 0.3) is 0 Å². The molecule has 3 heterocycles. The Morgan fingerprint density at radius 3 is 2.93 bits per heavy atom. The summed E-state index contributed by atoms with van der Waals surface area (Å²) in [5.41, 5.74) is 1.82. The van der Waals surface area contributed by atoms with Crippen LogP contribution in [-0.2, 0) is 11.2 Å². The first kappa shape index (κ1) is 19.4. The predicted octanol–water partition coefficient (Wildman–Crippen LogP) is 2.81. The Bertz CT molecular complexity index is 997. The number of aliphatic hydroxyl groups is 1. The zero-order valence-corrected chi connectivity index (χ0v) is 16.7. The van der Waals surface area contributed by atoms with E-state index in [2.05, 4.69) is 10.1 Å². The van der Waals surface area contributed by atoms with Crippen molar-refractivity contribution in [2.45, 2.75) is 45.3 Å². The summed E-state index contributed by atoms with van der Waals surface area (Å²) in [5.74, 6) is 1.49. The zero-order valence-electron chi connectivity index (χ0n) is 16.7. The second-order valence-corrected chi connectivity index (χ2v) is 7.54. The molecule has 2 aromatic heterocycles. The number of aryl methyl sites for hydroxylation is 2. The van der Waals surface area contributed by atoms with Gasteiger partial charge in [0.2, 0.25) is 5.91 Å². The number of hydrogen-bond donors (Lipinski definition) is 1. The van der Waals surface area contributed by atoms with E-state index in [1.807, 2.05) is 38.1 Å². The molecule has 0 radical (unpaired) electrons. The van der Waals surface area contributed by atoms with Crippen molar-refractivity contribution in [3.05, 3.63) is 53.7 Å². The second kappa shape index (κ2) is 8.21. The van der Waals surface area contributed by atoms with Crippen LogP contribution in [0.1, 0.15) is 29.9 Å². The fourth-order valence-corrected chi connectivity index (χ4v) is 3.83. The van der Waals surface area contributed by atoms with E-state index in [0.717, 1.165) is 27.8 Å². The van der Waals surface area contributed by atoms with E-state index in [0.29, 0.717) is 31.6 Å². The van der Waals surface area contributed by atoms with Crippen molar-refractivity contribution < 1.29 is 19.2 Å². The number of pyridine rings is 1. The molecule has 1 aliphatic rings. The molecule has 1 amide bonds. The number of benzene rings is 1. The number of piperidine rings is 1. The summed E-state index contributed by atoms with van der Waals surface area (Å²) in [4.78, 5) is 18.4. The van der Waals surface area contributed by atoms with Crippen LogP contribution in [0.4, 0.5) is 0 Å². The molecule has 4 rings (SSSR count). The lowest BCUT2D eigenvalue weighted by Gasteiger charge is -2.36. The first-order chi connectivity index (χ1) is 14.0. The molecule has 0 unspecified atom stereocenters. The number of ether oxygens (including phenoxy) is 1. The van der Waals surface area contributed by atoms with Gasteiger partial charge in [0, 0.05) is 42.7 Å². The number of nitrogens with zero attached hydrogens (tertiary/aromatic N) is 3. The topological polar surface area (TPSA) is 88.7 Å². The first-order valence-corrected chi connectivity index (χ1v) is 9.89. The maximum absolute atomic E-state index is 12.6. The molecule has 0 spiro atoms. The molecule has 29 heavy (non-hydrogen) atoms. The summed E-state index contributed by atoms with van der Waals surface area (Å²) >= 11 is 0. The number of aliphatic hydroxyl groups excluding tert-OH is 1. The summed E-state index contributed by atoms with van der Waals surface area (Å²) in [6.45, 7) is 4.58. The lowest BCUT2D eigenvalue weighted by atomic mass is 10.0. The van der Waals surface area contributed by atoms with E-state index in [4.69, 9.17) is 9.26 Å². The molecule has 0 saturated carbocycles. The third kappa shape index (κ3) is 4.24. The second-order valence-electron chi connectivity index (χ2n) is 7.54. The van der Waals surface area contributed by atoms with Gasteiger partial charge < -0.3 is 19.3 Å². The van der Waals surface area contributed by atoms with Gasteiger partial charge in [-0.15, -0.1) is 0 Å². The fraction of sp³-hybridized carbons (Fsp3) is 0.409. The number of carbonyl (C=O) groups excluding carboxylic acids is 1. The Balaban J connectivity index is 1.33. The monoisotopic (exact) mass is 395 g/mol. The van der Waals surface area contributed by atoms with Gasteiger partial charge in [0.05, 0.1) is 12.2 Å². The average molecular weight is 395 g/mol. The number of rotatable bonds is 5. The molecule has 3 aromatic rings. The van der Waals surface area contributed by atoms with Crippen molar-refractivity contribution in [1.82, 2.24) is 15.0 Å². The van der Waals surface area contributed by atoms with Crippen LogP contribution in [0, 0.1) is 13.8 Å². The van der Waals surface area contributed by atoms with Crippen LogP contribution in [0.3, 0.4) is 0 Å². The summed E-state index contributed by atoms with van der Waals surface area (Å²) in [6.07, 6.45) is 4.04. The molecule has 1 aliphatic heterocycles. The SMILES string of the molecule is Cc1noc(C)c1CCC(=O)N1CC[C@@H](Oc2ccc3ccncc3c2)[C@H](O)C1. The molecular formula is C22H25N3O4. The van der Waals surface area contributed by atoms with Crippen molar-refractivity contribution in [3.8, 4) is 5.75 Å². The van der Waals surface area contributed by atoms with E-state index in [1.165, 1.54) is 0 Å². The lowest BCUT2D eigenvalue weighted by Crippen LogP contribution is -2.51. The van der Waals surface area contributed by atoms with Crippen LogP contribution in [-0.4, -0.2) is 51.4 Å². The van der Waals surface area contributed by atoms with Crippen molar-refractivity contribution >= 4 is 16.7 Å². The summed E-state index contributed by atoms with van der Waals surface area (Å²) in [6, 6.07) is 7.75. The molecule has 7 heteroatoms. The minimum atomic E-state index is -0.726. The van der Waals surface area contributed by atoms with Gasteiger partial charge in [-0.1, -0.05) is 11.2 Å². The molecule has 7 nitrogen and oxygen atoms in total. The Hall–Kier alpha value is -2.93. The number of carbonyl (C=O) groups is 1. The van der Waals surface area contributed by atoms with Crippen molar-refractivity contribution in [2.75, 3.05) is 13.1 Å². The third-order valence-corrected chi connectivity index (χ3v) is 5.54. The smallest absolute Gasteiger partial charge is 0.222 e. The highest BCUT2D eigenvalue weighted by atomic mass is 16.5. The highest BCUT2D eigenvalue weighted by molar-refractivity contribution is 5.82. The van der Waals surface area contributed by atoms with Crippen molar-refractivity contribution in [2.24, 2.45) is 0 Å². The minimum absolute atomic E-state index is 0.0271. The molecule has 1 fully saturated rings. The van der Waals surface area contributed by atoms with E-state index in [-0.39, 0.29) is 18.6 Å². The Morgan fingerprint density at radius 2 is 2.17 bits per heavy atom. The van der Waals surface area contributed by atoms with Gasteiger partial charge in [-0.25, -0.2) is 0 Å². The molecule has 0 aliphatic carbocycles. The third-order valence-electron chi connectivity index (χ3n) is 5.54. The van der Waals surface area contributed by atoms with Crippen LogP contribution in [0.15, 0.2) is 41.2 Å². The van der Waals surface area contributed by atoms with Crippen LogP contribution in [0.25, 0.3) is 10.8 Å². The number of likely N-dealkylation sites (tertiary alicyclic amines) is 1. The molecular weight excluding hydrogens is 370 g/mol. The molecule has 1 aromatic carbocycles. The van der Waals surface area contributed by atoms with Gasteiger partial charge in [-0.05, 0) is 43.9 Å². The van der Waals surface area contributed by atoms with E-state index >= 15 is 0 Å². The molecule has 2 atom stereocenters. The number of amides is 1. The van der Waals surface area contributed by atoms with Crippen LogP contribution in [0.5, 0.6) is 5.75 Å². The summed E-state index contributed by atoms with van der Waals surface area (Å²) in [5, 5.41) is 16.6. The van der Waals surface area contributed by atoms with Gasteiger partial charge in [0.1, 0.15) is 23.7 Å². The highest BCUT2D eigenvalue weighted by Crippen LogP contribution is 2.24. The van der Waals surface area contributed by atoms with Crippen molar-refractivity contribution in [3.63, 3.8) is 0 Å². The standard InChI is InChI=1S/C22H25N3O4/c1-14-19(15(2)29-24-14)5-6-22(27)25-10-8-21(20(26)13-25)28-18-4-3-16-7-9-23-12-17(16)11-18/h3-4,7,9,11-12,20-21,26H,5-6,8,10,13H2,1-2H3/t20-,21-/m1/s1. The molecule has 1 saturated heterocycles.